The molecule has 0 atom stereocenters. The fourth-order valence-corrected chi connectivity index (χ4v) is 0.954. The molecular formula is C6H4BrN3. The number of hydrogen-bond acceptors (Lipinski definition) is 2. The molecule has 0 saturated heterocycles. The molecule has 0 aliphatic rings. The summed E-state index contributed by atoms with van der Waals surface area (Å²) in [5.41, 5.74) is 0.114. The van der Waals surface area contributed by atoms with Gasteiger partial charge in [-0.1, -0.05) is 0 Å². The standard InChI is InChI=1S/C6H4BrN3/c7-5-4-8-6-2-1-3-9-10(5)6/h1-4H/i1D,2D,3D,4D. The van der Waals surface area contributed by atoms with Gasteiger partial charge in [0, 0.05) is 6.17 Å². The van der Waals surface area contributed by atoms with Crippen LogP contribution in [-0.2, 0) is 0 Å². The maximum atomic E-state index is 7.50. The molecule has 0 spiro atoms. The van der Waals surface area contributed by atoms with Crippen molar-refractivity contribution in [1.29, 1.82) is 0 Å². The molecule has 0 unspecified atom stereocenters. The Kier molecular flexibility index (Phi) is 0.617. The van der Waals surface area contributed by atoms with E-state index >= 15 is 0 Å². The van der Waals surface area contributed by atoms with Gasteiger partial charge in [-0.3, -0.25) is 0 Å². The van der Waals surface area contributed by atoms with Gasteiger partial charge in [-0.2, -0.15) is 5.10 Å². The minimum absolute atomic E-state index is 0.0593. The Morgan fingerprint density at radius 2 is 2.60 bits per heavy atom. The lowest BCUT2D eigenvalue weighted by Crippen LogP contribution is -1.88. The smallest absolute Gasteiger partial charge is 0.154 e. The predicted molar refractivity (Wildman–Crippen MR) is 40.7 cm³/mol. The zero-order chi connectivity index (χ0) is 10.5. The molecule has 0 fully saturated rings. The van der Waals surface area contributed by atoms with Gasteiger partial charge in [0.2, 0.25) is 0 Å². The molecule has 0 radical (unpaired) electrons. The van der Waals surface area contributed by atoms with Crippen LogP contribution in [0.1, 0.15) is 5.48 Å². The summed E-state index contributed by atoms with van der Waals surface area (Å²) in [4.78, 5) is 3.74. The molecule has 0 aromatic carbocycles. The average Bonchev–Trinajstić information content (AvgIpc) is 2.42. The average molecular weight is 202 g/mol. The lowest BCUT2D eigenvalue weighted by molar-refractivity contribution is 0.916. The Bertz CT molecular complexity index is 524. The monoisotopic (exact) mass is 201 g/mol. The highest BCUT2D eigenvalue weighted by Crippen LogP contribution is 2.09. The number of hydrogen-bond donors (Lipinski definition) is 0. The van der Waals surface area contributed by atoms with E-state index in [9.17, 15) is 0 Å². The van der Waals surface area contributed by atoms with Crippen molar-refractivity contribution < 1.29 is 5.48 Å². The molecule has 0 aliphatic carbocycles. The molecule has 10 heavy (non-hydrogen) atoms. The van der Waals surface area contributed by atoms with Gasteiger partial charge in [0.05, 0.1) is 11.7 Å². The fraction of sp³-hybridized carbons (Fsp3) is 0. The van der Waals surface area contributed by atoms with E-state index in [0.717, 1.165) is 0 Å². The third kappa shape index (κ3) is 0.724. The van der Waals surface area contributed by atoms with Crippen LogP contribution < -0.4 is 0 Å². The van der Waals surface area contributed by atoms with Crippen molar-refractivity contribution in [3.8, 4) is 0 Å². The summed E-state index contributed by atoms with van der Waals surface area (Å²) in [7, 11) is 0. The van der Waals surface area contributed by atoms with Crippen LogP contribution in [0.4, 0.5) is 0 Å². The zero-order valence-electron chi connectivity index (χ0n) is 8.72. The first-order valence-corrected chi connectivity index (χ1v) is 3.30. The Morgan fingerprint density at radius 1 is 1.70 bits per heavy atom. The number of fused-ring (bicyclic) bond motifs is 1. The van der Waals surface area contributed by atoms with Crippen molar-refractivity contribution in [2.24, 2.45) is 0 Å². The van der Waals surface area contributed by atoms with Crippen molar-refractivity contribution in [2.75, 3.05) is 0 Å². The highest BCUT2D eigenvalue weighted by Gasteiger charge is 1.96. The largest absolute Gasteiger partial charge is 0.234 e. The Labute approximate surface area is 71.4 Å². The first-order valence-electron chi connectivity index (χ1n) is 4.51. The Hall–Kier alpha value is -0.900. The van der Waals surface area contributed by atoms with E-state index < -0.39 is 0 Å². The quantitative estimate of drug-likeness (QED) is 0.647. The first kappa shape index (κ1) is 3.00. The van der Waals surface area contributed by atoms with Gasteiger partial charge >= 0.3 is 0 Å². The predicted octanol–water partition coefficient (Wildman–Crippen LogP) is 1.49. The molecule has 0 aliphatic heterocycles. The van der Waals surface area contributed by atoms with Gasteiger partial charge in [0.15, 0.2) is 5.65 Å². The summed E-state index contributed by atoms with van der Waals surface area (Å²) in [5.74, 6) is 0. The van der Waals surface area contributed by atoms with Gasteiger partial charge in [0.1, 0.15) is 4.60 Å². The summed E-state index contributed by atoms with van der Waals surface area (Å²) in [5, 5.41) is 3.70. The minimum Gasteiger partial charge on any atom is -0.234 e. The van der Waals surface area contributed by atoms with Crippen LogP contribution in [0.5, 0.6) is 0 Å². The second-order valence-electron chi connectivity index (χ2n) is 1.61. The second kappa shape index (κ2) is 2.05. The van der Waals surface area contributed by atoms with Crippen molar-refractivity contribution in [3.05, 3.63) is 29.0 Å². The number of nitrogens with zero attached hydrogens (tertiary/aromatic N) is 3. The number of aromatic nitrogens is 3. The maximum absolute atomic E-state index is 7.50. The molecule has 0 N–H and O–H groups in total. The van der Waals surface area contributed by atoms with Gasteiger partial charge in [-0.15, -0.1) is 0 Å². The summed E-state index contributed by atoms with van der Waals surface area (Å²) >= 11 is 3.07. The third-order valence-electron chi connectivity index (χ3n) is 1.02. The minimum atomic E-state index is -0.305. The van der Waals surface area contributed by atoms with E-state index in [0.29, 0.717) is 0 Å². The molecule has 2 rings (SSSR count). The van der Waals surface area contributed by atoms with E-state index in [2.05, 4.69) is 26.0 Å². The van der Waals surface area contributed by atoms with Crippen molar-refractivity contribution >= 4 is 21.6 Å². The highest BCUT2D eigenvalue weighted by atomic mass is 79.9. The van der Waals surface area contributed by atoms with Crippen LogP contribution >= 0.6 is 15.9 Å². The molecule has 3 nitrogen and oxygen atoms in total. The molecule has 50 valence electrons. The van der Waals surface area contributed by atoms with Gasteiger partial charge in [-0.25, -0.2) is 9.50 Å². The summed E-state index contributed by atoms with van der Waals surface area (Å²) in [6, 6.07) is -0.473. The van der Waals surface area contributed by atoms with Crippen LogP contribution in [-0.4, -0.2) is 14.6 Å². The number of rotatable bonds is 0. The maximum Gasteiger partial charge on any atom is 0.154 e. The normalized spacial score (nSPS) is 16.1. The summed E-state index contributed by atoms with van der Waals surface area (Å²) < 4.78 is 31.0. The van der Waals surface area contributed by atoms with Gasteiger partial charge < -0.3 is 0 Å². The van der Waals surface area contributed by atoms with E-state index in [1.54, 1.807) is 0 Å². The van der Waals surface area contributed by atoms with Crippen molar-refractivity contribution in [3.63, 3.8) is 0 Å². The zero-order valence-corrected chi connectivity index (χ0v) is 6.31. The second-order valence-corrected chi connectivity index (χ2v) is 2.36. The lowest BCUT2D eigenvalue weighted by Gasteiger charge is -1.88. The Balaban J connectivity index is 2.98. The Morgan fingerprint density at radius 3 is 3.50 bits per heavy atom. The molecule has 0 saturated carbocycles. The van der Waals surface area contributed by atoms with E-state index in [4.69, 9.17) is 5.48 Å². The van der Waals surface area contributed by atoms with Crippen molar-refractivity contribution in [1.82, 2.24) is 14.6 Å². The SMILES string of the molecule is [2H]c1nn2c(Br)c([2H])nc2c([2H])c1[2H]. The number of halogens is 1. The van der Waals surface area contributed by atoms with Gasteiger partial charge in [-0.05, 0) is 28.0 Å². The third-order valence-corrected chi connectivity index (χ3v) is 1.53. The van der Waals surface area contributed by atoms with Crippen LogP contribution in [0.3, 0.4) is 0 Å². The van der Waals surface area contributed by atoms with Crippen LogP contribution in [0.2, 0.25) is 0 Å². The molecule has 0 bridgehead atoms. The van der Waals surface area contributed by atoms with Crippen LogP contribution in [0.15, 0.2) is 29.0 Å². The van der Waals surface area contributed by atoms with E-state index in [-0.39, 0.29) is 34.7 Å². The summed E-state index contributed by atoms with van der Waals surface area (Å²) in [6.07, 6.45) is -0.364. The molecule has 2 heterocycles. The summed E-state index contributed by atoms with van der Waals surface area (Å²) in [6.45, 7) is 0. The van der Waals surface area contributed by atoms with Gasteiger partial charge in [0.25, 0.3) is 0 Å². The molecule has 0 amide bonds. The van der Waals surface area contributed by atoms with Crippen LogP contribution in [0, 0.1) is 0 Å². The fourth-order valence-electron chi connectivity index (χ4n) is 0.618. The van der Waals surface area contributed by atoms with Crippen molar-refractivity contribution in [2.45, 2.75) is 0 Å². The topological polar surface area (TPSA) is 30.2 Å². The molecular weight excluding hydrogens is 194 g/mol. The van der Waals surface area contributed by atoms with Crippen LogP contribution in [0.25, 0.3) is 5.65 Å². The lowest BCUT2D eigenvalue weighted by atomic mass is 10.6. The highest BCUT2D eigenvalue weighted by molar-refractivity contribution is 9.10. The molecule has 2 aromatic heterocycles. The number of imidazole rings is 1. The van der Waals surface area contributed by atoms with E-state index in [1.807, 2.05) is 0 Å². The van der Waals surface area contributed by atoms with E-state index in [1.165, 1.54) is 4.52 Å². The molecule has 2 aromatic rings. The molecule has 4 heteroatoms. The first-order chi connectivity index (χ1) is 6.52.